The SMILES string of the molecule is COc1c(C)cc(C)c(Br)c1C(C)CCN. The summed E-state index contributed by atoms with van der Waals surface area (Å²) in [5.41, 5.74) is 9.30. The van der Waals surface area contributed by atoms with Crippen LogP contribution in [0.25, 0.3) is 0 Å². The molecule has 0 amide bonds. The van der Waals surface area contributed by atoms with E-state index < -0.39 is 0 Å². The summed E-state index contributed by atoms with van der Waals surface area (Å²) in [5.74, 6) is 1.39. The molecule has 0 aliphatic rings. The molecular weight excluding hydrogens is 266 g/mol. The highest BCUT2D eigenvalue weighted by Gasteiger charge is 2.18. The van der Waals surface area contributed by atoms with Crippen molar-refractivity contribution in [2.75, 3.05) is 13.7 Å². The largest absolute Gasteiger partial charge is 0.496 e. The third kappa shape index (κ3) is 2.58. The van der Waals surface area contributed by atoms with Gasteiger partial charge in [-0.15, -0.1) is 0 Å². The first-order valence-corrected chi connectivity index (χ1v) is 6.35. The van der Waals surface area contributed by atoms with E-state index in [0.29, 0.717) is 12.5 Å². The van der Waals surface area contributed by atoms with E-state index >= 15 is 0 Å². The van der Waals surface area contributed by atoms with Gasteiger partial charge in [-0.1, -0.05) is 28.9 Å². The average Bonchev–Trinajstić information content (AvgIpc) is 2.23. The Morgan fingerprint density at radius 2 is 2.00 bits per heavy atom. The summed E-state index contributed by atoms with van der Waals surface area (Å²) in [6.07, 6.45) is 0.970. The highest BCUT2D eigenvalue weighted by molar-refractivity contribution is 9.10. The van der Waals surface area contributed by atoms with Crippen LogP contribution in [0.15, 0.2) is 10.5 Å². The molecule has 1 rings (SSSR count). The Bertz CT molecular complexity index is 377. The molecule has 0 radical (unpaired) electrons. The highest BCUT2D eigenvalue weighted by Crippen LogP contribution is 2.39. The van der Waals surface area contributed by atoms with Gasteiger partial charge in [0.2, 0.25) is 0 Å². The minimum Gasteiger partial charge on any atom is -0.496 e. The number of halogens is 1. The van der Waals surface area contributed by atoms with Crippen LogP contribution in [0.3, 0.4) is 0 Å². The summed E-state index contributed by atoms with van der Waals surface area (Å²) in [5, 5.41) is 0. The van der Waals surface area contributed by atoms with Crippen molar-refractivity contribution < 1.29 is 4.74 Å². The minimum absolute atomic E-state index is 0.410. The number of rotatable bonds is 4. The first-order valence-electron chi connectivity index (χ1n) is 5.56. The van der Waals surface area contributed by atoms with Gasteiger partial charge in [-0.05, 0) is 43.9 Å². The van der Waals surface area contributed by atoms with E-state index in [2.05, 4.69) is 42.8 Å². The molecular formula is C13H20BrNO. The van der Waals surface area contributed by atoms with Gasteiger partial charge in [-0.25, -0.2) is 0 Å². The summed E-state index contributed by atoms with van der Waals surface area (Å²) < 4.78 is 6.66. The van der Waals surface area contributed by atoms with Crippen molar-refractivity contribution in [2.45, 2.75) is 33.1 Å². The second-order valence-electron chi connectivity index (χ2n) is 4.25. The van der Waals surface area contributed by atoms with Crippen molar-refractivity contribution >= 4 is 15.9 Å². The van der Waals surface area contributed by atoms with Gasteiger partial charge in [0.25, 0.3) is 0 Å². The molecule has 0 aliphatic heterocycles. The topological polar surface area (TPSA) is 35.2 Å². The lowest BCUT2D eigenvalue weighted by atomic mass is 9.93. The van der Waals surface area contributed by atoms with Crippen LogP contribution in [0.2, 0.25) is 0 Å². The monoisotopic (exact) mass is 285 g/mol. The van der Waals surface area contributed by atoms with Gasteiger partial charge in [0.1, 0.15) is 5.75 Å². The molecule has 16 heavy (non-hydrogen) atoms. The molecule has 2 N–H and O–H groups in total. The lowest BCUT2D eigenvalue weighted by molar-refractivity contribution is 0.401. The van der Waals surface area contributed by atoms with Crippen molar-refractivity contribution in [3.63, 3.8) is 0 Å². The Kier molecular flexibility index (Phi) is 4.81. The van der Waals surface area contributed by atoms with Gasteiger partial charge < -0.3 is 10.5 Å². The zero-order chi connectivity index (χ0) is 12.3. The van der Waals surface area contributed by atoms with Gasteiger partial charge in [-0.2, -0.15) is 0 Å². The number of benzene rings is 1. The smallest absolute Gasteiger partial charge is 0.126 e. The number of methoxy groups -OCH3 is 1. The van der Waals surface area contributed by atoms with E-state index in [9.17, 15) is 0 Å². The molecule has 2 nitrogen and oxygen atoms in total. The minimum atomic E-state index is 0.410. The molecule has 1 unspecified atom stereocenters. The van der Waals surface area contributed by atoms with Gasteiger partial charge in [0.05, 0.1) is 7.11 Å². The third-order valence-electron chi connectivity index (χ3n) is 2.92. The highest BCUT2D eigenvalue weighted by atomic mass is 79.9. The van der Waals surface area contributed by atoms with Gasteiger partial charge in [0, 0.05) is 10.0 Å². The van der Waals surface area contributed by atoms with E-state index in [1.54, 1.807) is 7.11 Å². The molecule has 1 aromatic carbocycles. The quantitative estimate of drug-likeness (QED) is 0.919. The van der Waals surface area contributed by atoms with Crippen molar-refractivity contribution in [1.82, 2.24) is 0 Å². The van der Waals surface area contributed by atoms with Crippen LogP contribution in [0.5, 0.6) is 5.75 Å². The van der Waals surface area contributed by atoms with E-state index in [-0.39, 0.29) is 0 Å². The Balaban J connectivity index is 3.32. The van der Waals surface area contributed by atoms with Crippen molar-refractivity contribution in [1.29, 1.82) is 0 Å². The van der Waals surface area contributed by atoms with Crippen molar-refractivity contribution in [3.05, 3.63) is 27.2 Å². The summed E-state index contributed by atoms with van der Waals surface area (Å²) in [4.78, 5) is 0. The van der Waals surface area contributed by atoms with Crippen LogP contribution >= 0.6 is 15.9 Å². The number of nitrogens with two attached hydrogens (primary N) is 1. The predicted octanol–water partition coefficient (Wildman–Crippen LogP) is 3.53. The second kappa shape index (κ2) is 5.69. The second-order valence-corrected chi connectivity index (χ2v) is 5.04. The fourth-order valence-electron chi connectivity index (χ4n) is 2.08. The van der Waals surface area contributed by atoms with Crippen LogP contribution in [0.4, 0.5) is 0 Å². The molecule has 0 fully saturated rings. The lowest BCUT2D eigenvalue weighted by Crippen LogP contribution is -2.08. The fourth-order valence-corrected chi connectivity index (χ4v) is 2.77. The van der Waals surface area contributed by atoms with Crippen LogP contribution < -0.4 is 10.5 Å². The zero-order valence-corrected chi connectivity index (χ0v) is 12.0. The summed E-state index contributed by atoms with van der Waals surface area (Å²) in [6, 6.07) is 2.14. The Hall–Kier alpha value is -0.540. The molecule has 90 valence electrons. The molecule has 0 spiro atoms. The van der Waals surface area contributed by atoms with Crippen molar-refractivity contribution in [3.8, 4) is 5.75 Å². The number of aryl methyl sites for hydroxylation is 2. The summed E-state index contributed by atoms with van der Waals surface area (Å²) >= 11 is 3.66. The maximum Gasteiger partial charge on any atom is 0.126 e. The number of ether oxygens (including phenoxy) is 1. The molecule has 0 heterocycles. The van der Waals surface area contributed by atoms with Gasteiger partial charge >= 0.3 is 0 Å². The molecule has 1 atom stereocenters. The molecule has 0 aromatic heterocycles. The molecule has 3 heteroatoms. The first-order chi connectivity index (χ1) is 7.52. The van der Waals surface area contributed by atoms with Gasteiger partial charge in [0.15, 0.2) is 0 Å². The van der Waals surface area contributed by atoms with E-state index in [0.717, 1.165) is 16.6 Å². The van der Waals surface area contributed by atoms with E-state index in [1.165, 1.54) is 16.7 Å². The Morgan fingerprint density at radius 1 is 1.38 bits per heavy atom. The zero-order valence-electron chi connectivity index (χ0n) is 10.4. The van der Waals surface area contributed by atoms with Crippen LogP contribution in [-0.2, 0) is 0 Å². The molecule has 0 bridgehead atoms. The summed E-state index contributed by atoms with van der Waals surface area (Å²) in [6.45, 7) is 7.07. The first kappa shape index (κ1) is 13.5. The van der Waals surface area contributed by atoms with Crippen molar-refractivity contribution in [2.24, 2.45) is 5.73 Å². The molecule has 1 aromatic rings. The Morgan fingerprint density at radius 3 is 2.50 bits per heavy atom. The molecule has 0 saturated heterocycles. The maximum atomic E-state index is 5.63. The number of hydrogen-bond donors (Lipinski definition) is 1. The maximum absolute atomic E-state index is 5.63. The van der Waals surface area contributed by atoms with Gasteiger partial charge in [-0.3, -0.25) is 0 Å². The fraction of sp³-hybridized carbons (Fsp3) is 0.538. The normalized spacial score (nSPS) is 12.6. The van der Waals surface area contributed by atoms with Crippen LogP contribution in [0.1, 0.15) is 36.0 Å². The third-order valence-corrected chi connectivity index (χ3v) is 3.97. The lowest BCUT2D eigenvalue weighted by Gasteiger charge is -2.20. The Labute approximate surface area is 106 Å². The molecule has 0 aliphatic carbocycles. The van der Waals surface area contributed by atoms with Crippen LogP contribution in [0, 0.1) is 13.8 Å². The summed E-state index contributed by atoms with van der Waals surface area (Å²) in [7, 11) is 1.72. The number of hydrogen-bond acceptors (Lipinski definition) is 2. The van der Waals surface area contributed by atoms with E-state index in [4.69, 9.17) is 10.5 Å². The standard InChI is InChI=1S/C13H20BrNO/c1-8(5-6-15)11-12(14)9(2)7-10(3)13(11)16-4/h7-8H,5-6,15H2,1-4H3. The molecule has 0 saturated carbocycles. The average molecular weight is 286 g/mol. The predicted molar refractivity (Wildman–Crippen MR) is 72.3 cm³/mol. The van der Waals surface area contributed by atoms with Crippen LogP contribution in [-0.4, -0.2) is 13.7 Å². The van der Waals surface area contributed by atoms with E-state index in [1.807, 2.05) is 0 Å².